The van der Waals surface area contributed by atoms with Crippen LogP contribution in [0.15, 0.2) is 53.4 Å². The molecule has 1 atom stereocenters. The molecule has 2 aromatic carbocycles. The number of thioether (sulfide) groups is 1. The zero-order valence-electron chi connectivity index (χ0n) is 11.2. The fourth-order valence-electron chi connectivity index (χ4n) is 2.42. The minimum Gasteiger partial charge on any atom is -0.399 e. The van der Waals surface area contributed by atoms with Gasteiger partial charge in [-0.3, -0.25) is 4.79 Å². The number of nitrogen functional groups attached to an aromatic ring is 1. The Bertz CT molecular complexity index is 656. The van der Waals surface area contributed by atoms with Crippen molar-refractivity contribution in [3.05, 3.63) is 54.1 Å². The van der Waals surface area contributed by atoms with Gasteiger partial charge in [0.1, 0.15) is 0 Å². The van der Waals surface area contributed by atoms with Crippen molar-refractivity contribution in [1.82, 2.24) is 0 Å². The minimum atomic E-state index is -0.111. The van der Waals surface area contributed by atoms with E-state index in [1.54, 1.807) is 16.7 Å². The number of anilines is 2. The van der Waals surface area contributed by atoms with Crippen molar-refractivity contribution in [2.75, 3.05) is 17.7 Å². The van der Waals surface area contributed by atoms with Crippen molar-refractivity contribution in [3.8, 4) is 0 Å². The van der Waals surface area contributed by atoms with E-state index < -0.39 is 0 Å². The van der Waals surface area contributed by atoms with Crippen LogP contribution >= 0.6 is 11.8 Å². The van der Waals surface area contributed by atoms with E-state index >= 15 is 0 Å². The third-order valence-electron chi connectivity index (χ3n) is 3.56. The van der Waals surface area contributed by atoms with E-state index in [-0.39, 0.29) is 11.2 Å². The number of amides is 1. The van der Waals surface area contributed by atoms with E-state index in [0.717, 1.165) is 21.8 Å². The van der Waals surface area contributed by atoms with Gasteiger partial charge in [0.2, 0.25) is 5.91 Å². The summed E-state index contributed by atoms with van der Waals surface area (Å²) < 4.78 is 0. The third kappa shape index (κ3) is 2.27. The molecule has 0 spiro atoms. The number of hydrogen-bond acceptors (Lipinski definition) is 3. The number of carbonyl (C=O) groups is 1. The second kappa shape index (κ2) is 5.21. The topological polar surface area (TPSA) is 46.3 Å². The van der Waals surface area contributed by atoms with E-state index in [4.69, 9.17) is 5.73 Å². The summed E-state index contributed by atoms with van der Waals surface area (Å²) in [4.78, 5) is 15.4. The van der Waals surface area contributed by atoms with Crippen molar-refractivity contribution in [2.24, 2.45) is 0 Å². The number of benzene rings is 2. The molecule has 0 aliphatic carbocycles. The van der Waals surface area contributed by atoms with Crippen LogP contribution in [0.5, 0.6) is 0 Å². The van der Waals surface area contributed by atoms with Crippen LogP contribution in [-0.4, -0.2) is 18.2 Å². The van der Waals surface area contributed by atoms with Gasteiger partial charge in [0.15, 0.2) is 0 Å². The average molecular weight is 284 g/mol. The summed E-state index contributed by atoms with van der Waals surface area (Å²) in [6, 6.07) is 15.7. The second-order valence-corrected chi connectivity index (χ2v) is 6.12. The molecule has 0 radical (unpaired) electrons. The predicted molar refractivity (Wildman–Crippen MR) is 84.1 cm³/mol. The zero-order valence-corrected chi connectivity index (χ0v) is 12.1. The molecule has 0 saturated heterocycles. The largest absolute Gasteiger partial charge is 0.399 e. The minimum absolute atomic E-state index is 0.111. The molecule has 0 saturated carbocycles. The predicted octanol–water partition coefficient (Wildman–Crippen LogP) is 2.95. The molecule has 20 heavy (non-hydrogen) atoms. The average Bonchev–Trinajstić information content (AvgIpc) is 2.47. The summed E-state index contributed by atoms with van der Waals surface area (Å²) >= 11 is 1.63. The highest BCUT2D eigenvalue weighted by Gasteiger charge is 2.31. The van der Waals surface area contributed by atoms with E-state index in [2.05, 4.69) is 6.07 Å². The molecule has 2 aromatic rings. The Balaban J connectivity index is 1.89. The van der Waals surface area contributed by atoms with Crippen LogP contribution in [0.4, 0.5) is 11.4 Å². The molecule has 2 N–H and O–H groups in total. The molecule has 3 nitrogen and oxygen atoms in total. The first-order chi connectivity index (χ1) is 9.66. The van der Waals surface area contributed by atoms with Gasteiger partial charge in [-0.05, 0) is 30.2 Å². The standard InChI is InChI=1S/C16H16N2OS/c1-18-13-8-4-5-9-14(13)20-15(16(18)19)10-11-6-2-3-7-12(11)17/h2-9,15H,10,17H2,1H3. The number of para-hydroxylation sites is 2. The van der Waals surface area contributed by atoms with Gasteiger partial charge in [-0.1, -0.05) is 30.3 Å². The van der Waals surface area contributed by atoms with Crippen molar-refractivity contribution < 1.29 is 4.79 Å². The fourth-order valence-corrected chi connectivity index (χ4v) is 3.73. The van der Waals surface area contributed by atoms with Crippen LogP contribution in [0.25, 0.3) is 0 Å². The van der Waals surface area contributed by atoms with E-state index in [0.29, 0.717) is 6.42 Å². The van der Waals surface area contributed by atoms with Gasteiger partial charge in [0, 0.05) is 17.6 Å². The maximum Gasteiger partial charge on any atom is 0.240 e. The Hall–Kier alpha value is -1.94. The Kier molecular flexibility index (Phi) is 3.40. The lowest BCUT2D eigenvalue weighted by atomic mass is 10.1. The highest BCUT2D eigenvalue weighted by atomic mass is 32.2. The maximum atomic E-state index is 12.5. The van der Waals surface area contributed by atoms with E-state index in [9.17, 15) is 4.79 Å². The van der Waals surface area contributed by atoms with Crippen molar-refractivity contribution in [1.29, 1.82) is 0 Å². The maximum absolute atomic E-state index is 12.5. The summed E-state index contributed by atoms with van der Waals surface area (Å²) in [5.41, 5.74) is 8.75. The molecule has 1 heterocycles. The zero-order chi connectivity index (χ0) is 14.1. The number of rotatable bonds is 2. The molecular weight excluding hydrogens is 268 g/mol. The van der Waals surface area contributed by atoms with Crippen LogP contribution in [0.3, 0.4) is 0 Å². The van der Waals surface area contributed by atoms with Gasteiger partial charge < -0.3 is 10.6 Å². The van der Waals surface area contributed by atoms with Crippen LogP contribution in [0.1, 0.15) is 5.56 Å². The van der Waals surface area contributed by atoms with Crippen molar-refractivity contribution >= 4 is 29.0 Å². The van der Waals surface area contributed by atoms with Gasteiger partial charge in [0.25, 0.3) is 0 Å². The first-order valence-corrected chi connectivity index (χ1v) is 7.41. The highest BCUT2D eigenvalue weighted by molar-refractivity contribution is 8.01. The number of fused-ring (bicyclic) bond motifs is 1. The molecule has 1 aliphatic heterocycles. The van der Waals surface area contributed by atoms with Gasteiger partial charge in [-0.15, -0.1) is 11.8 Å². The van der Waals surface area contributed by atoms with Gasteiger partial charge in [-0.25, -0.2) is 0 Å². The molecule has 3 rings (SSSR count). The monoisotopic (exact) mass is 284 g/mol. The van der Waals surface area contributed by atoms with Crippen LogP contribution in [0.2, 0.25) is 0 Å². The molecular formula is C16H16N2OS. The molecule has 0 aromatic heterocycles. The summed E-state index contributed by atoms with van der Waals surface area (Å²) in [6.07, 6.45) is 0.662. The molecule has 1 amide bonds. The summed E-state index contributed by atoms with van der Waals surface area (Å²) in [6.45, 7) is 0. The lowest BCUT2D eigenvalue weighted by molar-refractivity contribution is -0.117. The van der Waals surface area contributed by atoms with Crippen molar-refractivity contribution in [3.63, 3.8) is 0 Å². The highest BCUT2D eigenvalue weighted by Crippen LogP contribution is 2.39. The van der Waals surface area contributed by atoms with Gasteiger partial charge >= 0.3 is 0 Å². The molecule has 4 heteroatoms. The molecule has 0 fully saturated rings. The number of hydrogen-bond donors (Lipinski definition) is 1. The van der Waals surface area contributed by atoms with Crippen LogP contribution in [-0.2, 0) is 11.2 Å². The third-order valence-corrected chi connectivity index (χ3v) is 4.81. The first kappa shape index (κ1) is 13.1. The van der Waals surface area contributed by atoms with Crippen molar-refractivity contribution in [2.45, 2.75) is 16.6 Å². The van der Waals surface area contributed by atoms with E-state index in [1.165, 1.54) is 0 Å². The molecule has 102 valence electrons. The Morgan fingerprint density at radius 3 is 2.65 bits per heavy atom. The number of nitrogens with two attached hydrogens (primary N) is 1. The lowest BCUT2D eigenvalue weighted by Crippen LogP contribution is -2.39. The molecule has 1 aliphatic rings. The van der Waals surface area contributed by atoms with Crippen LogP contribution in [0, 0.1) is 0 Å². The smallest absolute Gasteiger partial charge is 0.240 e. The second-order valence-electron chi connectivity index (χ2n) is 4.87. The fraction of sp³-hybridized carbons (Fsp3) is 0.188. The first-order valence-electron chi connectivity index (χ1n) is 6.53. The Labute approximate surface area is 122 Å². The normalized spacial score (nSPS) is 17.9. The van der Waals surface area contributed by atoms with Gasteiger partial charge in [-0.2, -0.15) is 0 Å². The number of carbonyl (C=O) groups excluding carboxylic acids is 1. The number of nitrogens with zero attached hydrogens (tertiary/aromatic N) is 1. The summed E-state index contributed by atoms with van der Waals surface area (Å²) in [7, 11) is 1.84. The quantitative estimate of drug-likeness (QED) is 0.862. The molecule has 1 unspecified atom stereocenters. The lowest BCUT2D eigenvalue weighted by Gasteiger charge is -2.31. The van der Waals surface area contributed by atoms with Gasteiger partial charge in [0.05, 0.1) is 10.9 Å². The Morgan fingerprint density at radius 1 is 1.15 bits per heavy atom. The molecule has 0 bridgehead atoms. The van der Waals surface area contributed by atoms with Crippen LogP contribution < -0.4 is 10.6 Å². The SMILES string of the molecule is CN1C(=O)C(Cc2ccccc2N)Sc2ccccc21. The summed E-state index contributed by atoms with van der Waals surface area (Å²) in [5.74, 6) is 0.136. The van der Waals surface area contributed by atoms with E-state index in [1.807, 2.05) is 49.5 Å². The Morgan fingerprint density at radius 2 is 1.85 bits per heavy atom. The summed E-state index contributed by atoms with van der Waals surface area (Å²) in [5, 5.41) is -0.111.